The van der Waals surface area contributed by atoms with E-state index >= 15 is 0 Å². The van der Waals surface area contributed by atoms with Crippen LogP contribution in [0.4, 0.5) is 0 Å². The highest BCUT2D eigenvalue weighted by molar-refractivity contribution is 7.91. The van der Waals surface area contributed by atoms with Gasteiger partial charge in [0.15, 0.2) is 9.84 Å². The SMILES string of the molecule is O=CN1CCN(C(=O)c2cccc(C(=O)NC3CCS(=O)(=O)C3)c2)CC1. The predicted octanol–water partition coefficient (Wildman–Crippen LogP) is -0.482. The highest BCUT2D eigenvalue weighted by Gasteiger charge is 2.29. The average molecular weight is 379 g/mol. The van der Waals surface area contributed by atoms with Gasteiger partial charge in [-0.25, -0.2) is 8.42 Å². The lowest BCUT2D eigenvalue weighted by atomic mass is 10.1. The number of amides is 3. The first kappa shape index (κ1) is 18.4. The molecule has 0 spiro atoms. The van der Waals surface area contributed by atoms with E-state index in [9.17, 15) is 22.8 Å². The van der Waals surface area contributed by atoms with E-state index in [1.807, 2.05) is 0 Å². The number of nitrogens with one attached hydrogen (secondary N) is 1. The molecular formula is C17H21N3O5S. The number of sulfone groups is 1. The number of piperazine rings is 1. The fourth-order valence-electron chi connectivity index (χ4n) is 3.18. The van der Waals surface area contributed by atoms with Crippen molar-refractivity contribution < 1.29 is 22.8 Å². The summed E-state index contributed by atoms with van der Waals surface area (Å²) in [5.41, 5.74) is 0.725. The summed E-state index contributed by atoms with van der Waals surface area (Å²) >= 11 is 0. The van der Waals surface area contributed by atoms with E-state index in [1.54, 1.807) is 28.0 Å². The van der Waals surface area contributed by atoms with Gasteiger partial charge in [0, 0.05) is 43.3 Å². The van der Waals surface area contributed by atoms with Gasteiger partial charge in [-0.05, 0) is 24.6 Å². The largest absolute Gasteiger partial charge is 0.348 e. The van der Waals surface area contributed by atoms with E-state index in [4.69, 9.17) is 0 Å². The van der Waals surface area contributed by atoms with Crippen LogP contribution in [-0.2, 0) is 14.6 Å². The first-order valence-corrected chi connectivity index (χ1v) is 10.3. The Morgan fingerprint density at radius 2 is 1.81 bits per heavy atom. The Morgan fingerprint density at radius 1 is 1.12 bits per heavy atom. The third-order valence-electron chi connectivity index (χ3n) is 4.69. The Labute approximate surface area is 152 Å². The first-order valence-electron chi connectivity index (χ1n) is 8.48. The minimum atomic E-state index is -3.07. The fraction of sp³-hybridized carbons (Fsp3) is 0.471. The van der Waals surface area contributed by atoms with Crippen molar-refractivity contribution in [3.05, 3.63) is 35.4 Å². The Balaban J connectivity index is 1.65. The molecule has 0 bridgehead atoms. The number of carbonyl (C=O) groups excluding carboxylic acids is 3. The van der Waals surface area contributed by atoms with Crippen molar-refractivity contribution in [2.24, 2.45) is 0 Å². The molecule has 2 aliphatic heterocycles. The topological polar surface area (TPSA) is 104 Å². The maximum atomic E-state index is 12.6. The van der Waals surface area contributed by atoms with Crippen molar-refractivity contribution in [2.45, 2.75) is 12.5 Å². The Hall–Kier alpha value is -2.42. The van der Waals surface area contributed by atoms with E-state index in [0.29, 0.717) is 43.7 Å². The molecule has 0 saturated carbocycles. The summed E-state index contributed by atoms with van der Waals surface area (Å²) < 4.78 is 23.0. The van der Waals surface area contributed by atoms with Crippen molar-refractivity contribution >= 4 is 28.1 Å². The highest BCUT2D eigenvalue weighted by atomic mass is 32.2. The number of nitrogens with zero attached hydrogens (tertiary/aromatic N) is 2. The Bertz CT molecular complexity index is 815. The zero-order chi connectivity index (χ0) is 18.7. The van der Waals surface area contributed by atoms with E-state index in [-0.39, 0.29) is 29.4 Å². The van der Waals surface area contributed by atoms with Crippen LogP contribution >= 0.6 is 0 Å². The molecule has 0 aliphatic carbocycles. The first-order chi connectivity index (χ1) is 12.4. The summed E-state index contributed by atoms with van der Waals surface area (Å²) in [7, 11) is -3.07. The summed E-state index contributed by atoms with van der Waals surface area (Å²) in [5.74, 6) is -0.525. The van der Waals surface area contributed by atoms with Crippen LogP contribution in [0.2, 0.25) is 0 Å². The van der Waals surface area contributed by atoms with E-state index in [2.05, 4.69) is 5.32 Å². The number of benzene rings is 1. The van der Waals surface area contributed by atoms with Gasteiger partial charge in [0.25, 0.3) is 11.8 Å². The van der Waals surface area contributed by atoms with Crippen LogP contribution in [0.15, 0.2) is 24.3 Å². The molecule has 1 N–H and O–H groups in total. The second kappa shape index (κ2) is 7.45. The van der Waals surface area contributed by atoms with Crippen LogP contribution in [0.1, 0.15) is 27.1 Å². The van der Waals surface area contributed by atoms with Gasteiger partial charge in [-0.2, -0.15) is 0 Å². The van der Waals surface area contributed by atoms with Crippen LogP contribution in [0, 0.1) is 0 Å². The van der Waals surface area contributed by atoms with Gasteiger partial charge in [-0.3, -0.25) is 14.4 Å². The molecule has 3 rings (SSSR count). The fourth-order valence-corrected chi connectivity index (χ4v) is 4.86. The number of hydrogen-bond acceptors (Lipinski definition) is 5. The summed E-state index contributed by atoms with van der Waals surface area (Å²) in [4.78, 5) is 39.0. The number of rotatable bonds is 4. The molecule has 26 heavy (non-hydrogen) atoms. The van der Waals surface area contributed by atoms with Crippen LogP contribution in [-0.4, -0.2) is 80.2 Å². The second-order valence-electron chi connectivity index (χ2n) is 6.59. The molecule has 1 aromatic rings. The van der Waals surface area contributed by atoms with Crippen molar-refractivity contribution in [1.82, 2.24) is 15.1 Å². The average Bonchev–Trinajstić information content (AvgIpc) is 2.99. The molecule has 2 heterocycles. The molecule has 2 aliphatic rings. The second-order valence-corrected chi connectivity index (χ2v) is 8.82. The molecule has 1 aromatic carbocycles. The smallest absolute Gasteiger partial charge is 0.253 e. The molecule has 8 nitrogen and oxygen atoms in total. The van der Waals surface area contributed by atoms with Crippen molar-refractivity contribution in [3.8, 4) is 0 Å². The molecule has 3 amide bonds. The van der Waals surface area contributed by atoms with E-state index in [1.165, 1.54) is 6.07 Å². The maximum absolute atomic E-state index is 12.6. The van der Waals surface area contributed by atoms with Crippen LogP contribution < -0.4 is 5.32 Å². The lowest BCUT2D eigenvalue weighted by Crippen LogP contribution is -2.48. The predicted molar refractivity (Wildman–Crippen MR) is 94.5 cm³/mol. The number of carbonyl (C=O) groups is 3. The van der Waals surface area contributed by atoms with Gasteiger partial charge in [0.2, 0.25) is 6.41 Å². The normalized spacial score (nSPS) is 22.1. The third kappa shape index (κ3) is 4.21. The van der Waals surface area contributed by atoms with Crippen molar-refractivity contribution in [2.75, 3.05) is 37.7 Å². The summed E-state index contributed by atoms with van der Waals surface area (Å²) in [6.07, 6.45) is 1.18. The van der Waals surface area contributed by atoms with Crippen LogP contribution in [0.5, 0.6) is 0 Å². The Kier molecular flexibility index (Phi) is 5.26. The maximum Gasteiger partial charge on any atom is 0.253 e. The van der Waals surface area contributed by atoms with Crippen LogP contribution in [0.3, 0.4) is 0 Å². The standard InChI is InChI=1S/C17H21N3O5S/c21-12-19-5-7-20(8-6-19)17(23)14-3-1-2-13(10-14)16(22)18-15-4-9-26(24,25)11-15/h1-3,10,12,15H,4-9,11H2,(H,18,22). The highest BCUT2D eigenvalue weighted by Crippen LogP contribution is 2.14. The van der Waals surface area contributed by atoms with Gasteiger partial charge in [-0.15, -0.1) is 0 Å². The third-order valence-corrected chi connectivity index (χ3v) is 6.46. The molecule has 1 unspecified atom stereocenters. The molecule has 9 heteroatoms. The van der Waals surface area contributed by atoms with E-state index < -0.39 is 9.84 Å². The molecule has 0 radical (unpaired) electrons. The minimum Gasteiger partial charge on any atom is -0.348 e. The monoisotopic (exact) mass is 379 g/mol. The lowest BCUT2D eigenvalue weighted by Gasteiger charge is -2.32. The minimum absolute atomic E-state index is 0.0433. The number of hydrogen-bond donors (Lipinski definition) is 1. The van der Waals surface area contributed by atoms with Gasteiger partial charge in [-0.1, -0.05) is 6.07 Å². The van der Waals surface area contributed by atoms with Crippen molar-refractivity contribution in [1.29, 1.82) is 0 Å². The van der Waals surface area contributed by atoms with Crippen molar-refractivity contribution in [3.63, 3.8) is 0 Å². The molecular weight excluding hydrogens is 358 g/mol. The Morgan fingerprint density at radius 3 is 2.42 bits per heavy atom. The quantitative estimate of drug-likeness (QED) is 0.712. The zero-order valence-electron chi connectivity index (χ0n) is 14.3. The summed E-state index contributed by atoms with van der Waals surface area (Å²) in [5, 5.41) is 2.72. The van der Waals surface area contributed by atoms with Gasteiger partial charge in [0.1, 0.15) is 0 Å². The zero-order valence-corrected chi connectivity index (χ0v) is 15.1. The summed E-state index contributed by atoms with van der Waals surface area (Å²) in [6.45, 7) is 1.89. The van der Waals surface area contributed by atoms with Gasteiger partial charge in [0.05, 0.1) is 11.5 Å². The molecule has 2 saturated heterocycles. The van der Waals surface area contributed by atoms with Gasteiger partial charge >= 0.3 is 0 Å². The lowest BCUT2D eigenvalue weighted by molar-refractivity contribution is -0.119. The van der Waals surface area contributed by atoms with Crippen LogP contribution in [0.25, 0.3) is 0 Å². The van der Waals surface area contributed by atoms with Gasteiger partial charge < -0.3 is 15.1 Å². The molecule has 140 valence electrons. The van der Waals surface area contributed by atoms with E-state index in [0.717, 1.165) is 6.41 Å². The molecule has 0 aromatic heterocycles. The molecule has 2 fully saturated rings. The summed E-state index contributed by atoms with van der Waals surface area (Å²) in [6, 6.07) is 6.01. The molecule has 1 atom stereocenters.